The van der Waals surface area contributed by atoms with Gasteiger partial charge in [-0.05, 0) is 99.3 Å². The number of anilines is 1. The predicted molar refractivity (Wildman–Crippen MR) is 137 cm³/mol. The number of nitrogens with one attached hydrogen (secondary N) is 2. The molecule has 4 aromatic rings. The maximum absolute atomic E-state index is 12.5. The van der Waals surface area contributed by atoms with Crippen LogP contribution in [0.15, 0.2) is 69.6 Å². The van der Waals surface area contributed by atoms with E-state index in [1.54, 1.807) is 30.3 Å². The fourth-order valence-electron chi connectivity index (χ4n) is 2.95. The number of nitrogens with zero attached hydrogens (tertiary/aromatic N) is 1. The van der Waals surface area contributed by atoms with Crippen molar-refractivity contribution in [1.29, 1.82) is 0 Å². The van der Waals surface area contributed by atoms with E-state index in [0.29, 0.717) is 34.0 Å². The lowest BCUT2D eigenvalue weighted by atomic mass is 10.2. The Hall–Kier alpha value is -2.50. The summed E-state index contributed by atoms with van der Waals surface area (Å²) in [5.41, 5.74) is 3.27. The maximum Gasteiger partial charge on any atom is 0.261 e. The molecule has 0 aliphatic carbocycles. The Morgan fingerprint density at radius 1 is 1.16 bits per heavy atom. The van der Waals surface area contributed by atoms with Crippen molar-refractivity contribution < 1.29 is 13.9 Å². The van der Waals surface area contributed by atoms with Crippen molar-refractivity contribution >= 4 is 78.5 Å². The summed E-state index contributed by atoms with van der Waals surface area (Å²) in [4.78, 5) is 17.1. The smallest absolute Gasteiger partial charge is 0.261 e. The molecule has 1 heterocycles. The van der Waals surface area contributed by atoms with Crippen molar-refractivity contribution in [3.05, 3.63) is 74.3 Å². The number of fused-ring (bicyclic) bond motifs is 1. The molecule has 3 aromatic carbocycles. The van der Waals surface area contributed by atoms with Gasteiger partial charge in [-0.1, -0.05) is 12.1 Å². The summed E-state index contributed by atoms with van der Waals surface area (Å²) in [5, 5.41) is 5.84. The fraction of sp³-hybridized carbons (Fsp3) is 0.0455. The molecule has 0 saturated heterocycles. The van der Waals surface area contributed by atoms with Crippen LogP contribution in [0, 0.1) is 3.57 Å². The summed E-state index contributed by atoms with van der Waals surface area (Å²) in [7, 11) is 1.51. The van der Waals surface area contributed by atoms with Crippen LogP contribution >= 0.6 is 50.7 Å². The van der Waals surface area contributed by atoms with Crippen LogP contribution in [-0.4, -0.2) is 23.1 Å². The molecule has 1 aromatic heterocycles. The van der Waals surface area contributed by atoms with E-state index in [4.69, 9.17) is 21.4 Å². The van der Waals surface area contributed by atoms with Gasteiger partial charge >= 0.3 is 0 Å². The minimum atomic E-state index is -0.358. The molecule has 0 spiro atoms. The van der Waals surface area contributed by atoms with Crippen molar-refractivity contribution in [2.75, 3.05) is 12.4 Å². The molecule has 0 atom stereocenters. The highest BCUT2D eigenvalue weighted by Crippen LogP contribution is 2.32. The monoisotopic (exact) mass is 607 g/mol. The molecule has 6 nitrogen and oxygen atoms in total. The minimum Gasteiger partial charge on any atom is -0.496 e. The molecule has 31 heavy (non-hydrogen) atoms. The molecule has 0 aliphatic rings. The molecular formula is C22H15BrIN3O3S. The van der Waals surface area contributed by atoms with E-state index in [1.807, 2.05) is 30.3 Å². The summed E-state index contributed by atoms with van der Waals surface area (Å²) < 4.78 is 13.1. The van der Waals surface area contributed by atoms with Gasteiger partial charge in [-0.3, -0.25) is 10.1 Å². The summed E-state index contributed by atoms with van der Waals surface area (Å²) in [6, 6.07) is 18.3. The van der Waals surface area contributed by atoms with E-state index in [2.05, 4.69) is 54.1 Å². The Morgan fingerprint density at radius 2 is 1.97 bits per heavy atom. The second-order valence-corrected chi connectivity index (χ2v) is 8.94. The third-order valence-electron chi connectivity index (χ3n) is 4.38. The summed E-state index contributed by atoms with van der Waals surface area (Å²) in [6.07, 6.45) is 0. The summed E-state index contributed by atoms with van der Waals surface area (Å²) in [5.74, 6) is 0.633. The van der Waals surface area contributed by atoms with E-state index >= 15 is 0 Å². The van der Waals surface area contributed by atoms with E-state index in [-0.39, 0.29) is 11.0 Å². The van der Waals surface area contributed by atoms with Crippen LogP contribution in [0.25, 0.3) is 22.6 Å². The van der Waals surface area contributed by atoms with Gasteiger partial charge in [0.1, 0.15) is 11.3 Å². The zero-order chi connectivity index (χ0) is 22.0. The number of hydrogen-bond acceptors (Lipinski definition) is 5. The van der Waals surface area contributed by atoms with E-state index in [1.165, 1.54) is 7.11 Å². The highest BCUT2D eigenvalue weighted by atomic mass is 127. The molecule has 2 N–H and O–H groups in total. The summed E-state index contributed by atoms with van der Waals surface area (Å²) in [6.45, 7) is 0. The van der Waals surface area contributed by atoms with Crippen LogP contribution in [0.4, 0.5) is 5.69 Å². The number of thiocarbonyl (C=S) groups is 1. The van der Waals surface area contributed by atoms with Crippen molar-refractivity contribution in [2.24, 2.45) is 0 Å². The number of aromatic nitrogens is 1. The number of halogens is 2. The zero-order valence-corrected chi connectivity index (χ0v) is 20.7. The lowest BCUT2D eigenvalue weighted by Gasteiger charge is -2.11. The van der Waals surface area contributed by atoms with E-state index < -0.39 is 0 Å². The number of amides is 1. The number of methoxy groups -OCH3 is 1. The number of oxazole rings is 1. The molecular weight excluding hydrogens is 593 g/mol. The van der Waals surface area contributed by atoms with Crippen molar-refractivity contribution in [3.63, 3.8) is 0 Å². The Labute approximate surface area is 205 Å². The molecule has 0 fully saturated rings. The molecule has 1 amide bonds. The highest BCUT2D eigenvalue weighted by molar-refractivity contribution is 14.1. The van der Waals surface area contributed by atoms with Gasteiger partial charge in [0.15, 0.2) is 10.7 Å². The molecule has 0 aliphatic heterocycles. The van der Waals surface area contributed by atoms with Gasteiger partial charge < -0.3 is 14.5 Å². The topological polar surface area (TPSA) is 76.4 Å². The Balaban J connectivity index is 1.52. The summed E-state index contributed by atoms with van der Waals surface area (Å²) >= 11 is 11.1. The number of para-hydroxylation sites is 1. The third kappa shape index (κ3) is 4.89. The van der Waals surface area contributed by atoms with Crippen molar-refractivity contribution in [1.82, 2.24) is 10.3 Å². The molecule has 0 saturated carbocycles. The molecule has 0 bridgehead atoms. The van der Waals surface area contributed by atoms with Gasteiger partial charge in [0.05, 0.1) is 18.2 Å². The van der Waals surface area contributed by atoms with Gasteiger partial charge in [-0.25, -0.2) is 4.98 Å². The average molecular weight is 608 g/mol. The van der Waals surface area contributed by atoms with Crippen molar-refractivity contribution in [3.8, 4) is 17.2 Å². The number of rotatable bonds is 4. The van der Waals surface area contributed by atoms with Crippen LogP contribution in [0.1, 0.15) is 10.4 Å². The van der Waals surface area contributed by atoms with Crippen LogP contribution < -0.4 is 15.4 Å². The first-order valence-corrected chi connectivity index (χ1v) is 11.3. The van der Waals surface area contributed by atoms with Crippen LogP contribution in [-0.2, 0) is 0 Å². The number of carbonyl (C=O) groups is 1. The van der Waals surface area contributed by atoms with Gasteiger partial charge in [0.2, 0.25) is 5.89 Å². The van der Waals surface area contributed by atoms with Crippen molar-refractivity contribution in [2.45, 2.75) is 0 Å². The molecule has 0 radical (unpaired) electrons. The van der Waals surface area contributed by atoms with Crippen LogP contribution in [0.5, 0.6) is 5.75 Å². The van der Waals surface area contributed by atoms with Gasteiger partial charge in [0, 0.05) is 13.7 Å². The number of benzene rings is 3. The normalized spacial score (nSPS) is 10.7. The lowest BCUT2D eigenvalue weighted by Crippen LogP contribution is -2.34. The van der Waals surface area contributed by atoms with Gasteiger partial charge in [0.25, 0.3) is 5.91 Å². The zero-order valence-electron chi connectivity index (χ0n) is 16.1. The minimum absolute atomic E-state index is 0.166. The largest absolute Gasteiger partial charge is 0.496 e. The number of carbonyl (C=O) groups excluding carboxylic acids is 1. The first kappa shape index (κ1) is 21.7. The molecule has 4 rings (SSSR count). The standard InChI is InChI=1S/C22H15BrIN3O3S/c1-29-18-5-3-2-4-14(18)20(28)27-22(31)25-13-7-9-19-17(11-13)26-21(30-19)15-10-12(24)6-8-16(15)23/h2-11H,1H3,(H2,25,27,28,31). The third-order valence-corrected chi connectivity index (χ3v) is 5.95. The van der Waals surface area contributed by atoms with Gasteiger partial charge in [-0.15, -0.1) is 0 Å². The Kier molecular flexibility index (Phi) is 6.54. The highest BCUT2D eigenvalue weighted by Gasteiger charge is 2.15. The Bertz CT molecular complexity index is 1310. The quantitative estimate of drug-likeness (QED) is 0.219. The first-order valence-electron chi connectivity index (χ1n) is 9.06. The maximum atomic E-state index is 12.5. The number of hydrogen-bond donors (Lipinski definition) is 2. The fourth-order valence-corrected chi connectivity index (χ4v) is 4.06. The van der Waals surface area contributed by atoms with Crippen LogP contribution in [0.2, 0.25) is 0 Å². The number of ether oxygens (including phenoxy) is 1. The SMILES string of the molecule is COc1ccccc1C(=O)NC(=S)Nc1ccc2oc(-c3cc(I)ccc3Br)nc2c1. The second-order valence-electron chi connectivity index (χ2n) is 6.43. The first-order chi connectivity index (χ1) is 14.9. The van der Waals surface area contributed by atoms with E-state index in [9.17, 15) is 4.79 Å². The average Bonchev–Trinajstić information content (AvgIpc) is 3.18. The Morgan fingerprint density at radius 3 is 2.77 bits per heavy atom. The van der Waals surface area contributed by atoms with Crippen LogP contribution in [0.3, 0.4) is 0 Å². The molecule has 0 unspecified atom stereocenters. The molecule has 156 valence electrons. The second kappa shape index (κ2) is 9.33. The van der Waals surface area contributed by atoms with Gasteiger partial charge in [-0.2, -0.15) is 0 Å². The lowest BCUT2D eigenvalue weighted by molar-refractivity contribution is 0.0975. The molecule has 9 heteroatoms. The van der Waals surface area contributed by atoms with E-state index in [0.717, 1.165) is 13.6 Å². The predicted octanol–water partition coefficient (Wildman–Crippen LogP) is 6.00.